The summed E-state index contributed by atoms with van der Waals surface area (Å²) >= 11 is 0.957. The molecule has 1 aromatic heterocycles. The molecular weight excluding hydrogens is 303 g/mol. The first-order valence-electron chi connectivity index (χ1n) is 5.70. The van der Waals surface area contributed by atoms with E-state index in [1.165, 1.54) is 32.0 Å². The van der Waals surface area contributed by atoms with Crippen LogP contribution in [0.1, 0.15) is 29.1 Å². The zero-order valence-corrected chi connectivity index (χ0v) is 12.7. The van der Waals surface area contributed by atoms with E-state index in [9.17, 15) is 17.6 Å². The summed E-state index contributed by atoms with van der Waals surface area (Å²) in [5.74, 6) is -1.73. The largest absolute Gasteiger partial charge is 0.477 e. The van der Waals surface area contributed by atoms with Crippen molar-refractivity contribution >= 4 is 37.2 Å². The lowest BCUT2D eigenvalue weighted by Gasteiger charge is -2.23. The third kappa shape index (κ3) is 2.31. The van der Waals surface area contributed by atoms with Gasteiger partial charge in [-0.15, -0.1) is 11.3 Å². The zero-order valence-electron chi connectivity index (χ0n) is 11.1. The molecule has 0 spiro atoms. The van der Waals surface area contributed by atoms with Gasteiger partial charge >= 0.3 is 5.97 Å². The second-order valence-electron chi connectivity index (χ2n) is 5.07. The van der Waals surface area contributed by atoms with E-state index in [-0.39, 0.29) is 10.4 Å². The van der Waals surface area contributed by atoms with Crippen LogP contribution >= 0.6 is 11.3 Å². The second-order valence-corrected chi connectivity index (χ2v) is 8.72. The highest BCUT2D eigenvalue weighted by Gasteiger charge is 2.35. The molecule has 0 saturated heterocycles. The smallest absolute Gasteiger partial charge is 0.345 e. The van der Waals surface area contributed by atoms with Crippen LogP contribution in [0.15, 0.2) is 18.2 Å². The maximum Gasteiger partial charge on any atom is 0.345 e. The molecule has 0 saturated carbocycles. The third-order valence-corrected chi connectivity index (χ3v) is 6.55. The van der Waals surface area contributed by atoms with Crippen LogP contribution in [0.2, 0.25) is 0 Å². The van der Waals surface area contributed by atoms with Gasteiger partial charge in [-0.1, -0.05) is 0 Å². The molecule has 7 heteroatoms. The predicted molar refractivity (Wildman–Crippen MR) is 76.6 cm³/mol. The fourth-order valence-corrected chi connectivity index (χ4v) is 3.29. The zero-order chi connectivity index (χ0) is 15.3. The van der Waals surface area contributed by atoms with E-state index in [2.05, 4.69) is 0 Å². The van der Waals surface area contributed by atoms with Crippen molar-refractivity contribution in [1.82, 2.24) is 0 Å². The summed E-state index contributed by atoms with van der Waals surface area (Å²) in [5.41, 5.74) is 0.0437. The Morgan fingerprint density at radius 1 is 1.30 bits per heavy atom. The highest BCUT2D eigenvalue weighted by molar-refractivity contribution is 7.91. The molecule has 20 heavy (non-hydrogen) atoms. The summed E-state index contributed by atoms with van der Waals surface area (Å²) in [6.07, 6.45) is 1.05. The van der Waals surface area contributed by atoms with Crippen LogP contribution in [0.4, 0.5) is 4.39 Å². The standard InChI is InChI=1S/C13H13FO4S2/c1-13(2,20(3,17)18)8-4-7-5-11(12(15)16)19-10(7)6-9(8)14/h4-6H,1-3H3,(H,15,16). The second kappa shape index (κ2) is 4.53. The van der Waals surface area contributed by atoms with E-state index < -0.39 is 26.4 Å². The van der Waals surface area contributed by atoms with Crippen LogP contribution in [0.3, 0.4) is 0 Å². The normalized spacial score (nSPS) is 12.8. The van der Waals surface area contributed by atoms with E-state index in [4.69, 9.17) is 5.11 Å². The highest BCUT2D eigenvalue weighted by atomic mass is 32.2. The number of thiophene rings is 1. The first kappa shape index (κ1) is 14.9. The Balaban J connectivity index is 2.73. The monoisotopic (exact) mass is 316 g/mol. The molecule has 4 nitrogen and oxygen atoms in total. The SMILES string of the molecule is CC(C)(c1cc2cc(C(=O)O)sc2cc1F)S(C)(=O)=O. The van der Waals surface area contributed by atoms with Gasteiger partial charge in [-0.3, -0.25) is 0 Å². The minimum atomic E-state index is -3.51. The Labute approximate surface area is 119 Å². The van der Waals surface area contributed by atoms with E-state index >= 15 is 0 Å². The van der Waals surface area contributed by atoms with Gasteiger partial charge in [0.15, 0.2) is 9.84 Å². The molecule has 2 rings (SSSR count). The summed E-state index contributed by atoms with van der Waals surface area (Å²) in [6.45, 7) is 2.86. The van der Waals surface area contributed by atoms with Crippen molar-refractivity contribution in [3.8, 4) is 0 Å². The predicted octanol–water partition coefficient (Wildman–Crippen LogP) is 3.02. The molecule has 0 aliphatic heterocycles. The van der Waals surface area contributed by atoms with Gasteiger partial charge in [0, 0.05) is 16.5 Å². The molecule has 0 radical (unpaired) electrons. The van der Waals surface area contributed by atoms with Gasteiger partial charge in [0.1, 0.15) is 10.7 Å². The number of aromatic carboxylic acids is 1. The maximum atomic E-state index is 14.2. The van der Waals surface area contributed by atoms with Crippen LogP contribution in [-0.2, 0) is 14.6 Å². The third-order valence-electron chi connectivity index (χ3n) is 3.39. The molecule has 2 aromatic rings. The lowest BCUT2D eigenvalue weighted by atomic mass is 10.00. The number of carboxylic acid groups (broad SMARTS) is 1. The number of rotatable bonds is 3. The lowest BCUT2D eigenvalue weighted by molar-refractivity contribution is 0.0702. The van der Waals surface area contributed by atoms with Gasteiger partial charge in [0.25, 0.3) is 0 Å². The number of carboxylic acids is 1. The Morgan fingerprint density at radius 2 is 1.90 bits per heavy atom. The van der Waals surface area contributed by atoms with Crippen LogP contribution < -0.4 is 0 Å². The van der Waals surface area contributed by atoms with Crippen molar-refractivity contribution in [3.63, 3.8) is 0 Å². The molecule has 0 bridgehead atoms. The summed E-state index contributed by atoms with van der Waals surface area (Å²) in [6, 6.07) is 4.02. The maximum absolute atomic E-state index is 14.2. The van der Waals surface area contributed by atoms with Gasteiger partial charge in [-0.05, 0) is 37.4 Å². The van der Waals surface area contributed by atoms with Crippen molar-refractivity contribution in [2.45, 2.75) is 18.6 Å². The van der Waals surface area contributed by atoms with Crippen molar-refractivity contribution in [2.75, 3.05) is 6.26 Å². The van der Waals surface area contributed by atoms with Crippen LogP contribution in [0, 0.1) is 5.82 Å². The highest BCUT2D eigenvalue weighted by Crippen LogP contribution is 2.36. The average Bonchev–Trinajstić information content (AvgIpc) is 2.68. The summed E-state index contributed by atoms with van der Waals surface area (Å²) in [4.78, 5) is 11.0. The average molecular weight is 316 g/mol. The molecule has 0 unspecified atom stereocenters. The fraction of sp³-hybridized carbons (Fsp3) is 0.308. The molecule has 1 heterocycles. The van der Waals surface area contributed by atoms with E-state index in [1.54, 1.807) is 0 Å². The van der Waals surface area contributed by atoms with Gasteiger partial charge in [-0.2, -0.15) is 0 Å². The Bertz CT molecular complexity index is 803. The number of benzene rings is 1. The number of carbonyl (C=O) groups is 1. The quantitative estimate of drug-likeness (QED) is 0.945. The van der Waals surface area contributed by atoms with E-state index in [0.29, 0.717) is 10.1 Å². The first-order valence-corrected chi connectivity index (χ1v) is 8.41. The van der Waals surface area contributed by atoms with Crippen LogP contribution in [-0.4, -0.2) is 25.7 Å². The number of halogens is 1. The molecule has 0 atom stereocenters. The van der Waals surface area contributed by atoms with E-state index in [1.807, 2.05) is 0 Å². The summed E-state index contributed by atoms with van der Waals surface area (Å²) < 4.78 is 36.8. The van der Waals surface area contributed by atoms with Crippen molar-refractivity contribution < 1.29 is 22.7 Å². The minimum Gasteiger partial charge on any atom is -0.477 e. The summed E-state index contributed by atoms with van der Waals surface area (Å²) in [7, 11) is -3.51. The molecule has 0 amide bonds. The van der Waals surface area contributed by atoms with Gasteiger partial charge < -0.3 is 5.11 Å². The van der Waals surface area contributed by atoms with Crippen molar-refractivity contribution in [3.05, 3.63) is 34.5 Å². The number of hydrogen-bond acceptors (Lipinski definition) is 4. The molecule has 0 aliphatic carbocycles. The van der Waals surface area contributed by atoms with Crippen LogP contribution in [0.25, 0.3) is 10.1 Å². The van der Waals surface area contributed by atoms with Crippen molar-refractivity contribution in [1.29, 1.82) is 0 Å². The number of fused-ring (bicyclic) bond motifs is 1. The molecule has 108 valence electrons. The number of sulfone groups is 1. The molecule has 0 fully saturated rings. The Hall–Kier alpha value is -1.47. The Kier molecular flexibility index (Phi) is 3.38. The van der Waals surface area contributed by atoms with Gasteiger partial charge in [-0.25, -0.2) is 17.6 Å². The molecule has 1 N–H and O–H groups in total. The lowest BCUT2D eigenvalue weighted by Crippen LogP contribution is -2.29. The molecular formula is C13H13FO4S2. The van der Waals surface area contributed by atoms with E-state index in [0.717, 1.165) is 17.6 Å². The minimum absolute atomic E-state index is 0.0437. The molecule has 0 aliphatic rings. The number of hydrogen-bond donors (Lipinski definition) is 1. The van der Waals surface area contributed by atoms with Crippen LogP contribution in [0.5, 0.6) is 0 Å². The molecule has 1 aromatic carbocycles. The van der Waals surface area contributed by atoms with Gasteiger partial charge in [0.2, 0.25) is 0 Å². The fourth-order valence-electron chi connectivity index (χ4n) is 1.83. The first-order chi connectivity index (χ1) is 9.04. The van der Waals surface area contributed by atoms with Crippen molar-refractivity contribution in [2.24, 2.45) is 0 Å². The topological polar surface area (TPSA) is 71.4 Å². The van der Waals surface area contributed by atoms with Gasteiger partial charge in [0.05, 0.1) is 4.75 Å². The Morgan fingerprint density at radius 3 is 2.40 bits per heavy atom. The summed E-state index contributed by atoms with van der Waals surface area (Å²) in [5, 5.41) is 9.46.